The molecule has 0 aromatic carbocycles. The lowest BCUT2D eigenvalue weighted by Gasteiger charge is -2.20. The normalized spacial score (nSPS) is 18.0. The van der Waals surface area contributed by atoms with Gasteiger partial charge in [-0.15, -0.1) is 0 Å². The van der Waals surface area contributed by atoms with E-state index in [-0.39, 0.29) is 4.90 Å². The predicted molar refractivity (Wildman–Crippen MR) is 75.7 cm³/mol. The Morgan fingerprint density at radius 2 is 2.21 bits per heavy atom. The Hall–Kier alpha value is -0.700. The van der Waals surface area contributed by atoms with Gasteiger partial charge in [-0.05, 0) is 28.4 Å². The highest BCUT2D eigenvalue weighted by Gasteiger charge is 2.28. The number of ether oxygens (including phenoxy) is 1. The van der Waals surface area contributed by atoms with Gasteiger partial charge in [-0.25, -0.2) is 13.4 Å². The monoisotopic (exact) mass is 349 g/mol. The number of nitrogens with zero attached hydrogens (tertiary/aromatic N) is 2. The van der Waals surface area contributed by atoms with Crippen molar-refractivity contribution >= 4 is 31.8 Å². The fraction of sp³-hybridized carbons (Fsp3) is 0.545. The number of hydrogen-bond donors (Lipinski definition) is 1. The Kier molecular flexibility index (Phi) is 4.77. The maximum Gasteiger partial charge on any atom is 0.246 e. The summed E-state index contributed by atoms with van der Waals surface area (Å²) in [4.78, 5) is 4.27. The van der Waals surface area contributed by atoms with Gasteiger partial charge in [0.1, 0.15) is 10.7 Å². The standard InChI is InChI=1S/C11H16BrN3O3S/c1-13-11-10(7-9(12)8-14-11)19(16,17)15-3-2-5-18-6-4-15/h7-8H,2-6H2,1H3,(H,13,14). The van der Waals surface area contributed by atoms with Crippen LogP contribution in [0.5, 0.6) is 0 Å². The lowest BCUT2D eigenvalue weighted by molar-refractivity contribution is 0.148. The molecule has 2 rings (SSSR count). The van der Waals surface area contributed by atoms with Gasteiger partial charge in [0.25, 0.3) is 0 Å². The lowest BCUT2D eigenvalue weighted by Crippen LogP contribution is -2.33. The van der Waals surface area contributed by atoms with Crippen LogP contribution in [0.1, 0.15) is 6.42 Å². The quantitative estimate of drug-likeness (QED) is 0.890. The number of hydrogen-bond acceptors (Lipinski definition) is 5. The molecule has 1 saturated heterocycles. The van der Waals surface area contributed by atoms with Crippen LogP contribution in [0, 0.1) is 0 Å². The van der Waals surface area contributed by atoms with Crippen LogP contribution in [-0.2, 0) is 14.8 Å². The van der Waals surface area contributed by atoms with E-state index in [1.165, 1.54) is 4.31 Å². The van der Waals surface area contributed by atoms with Crippen molar-refractivity contribution in [2.45, 2.75) is 11.3 Å². The third kappa shape index (κ3) is 3.25. The van der Waals surface area contributed by atoms with Gasteiger partial charge in [-0.3, -0.25) is 0 Å². The van der Waals surface area contributed by atoms with Crippen LogP contribution in [0.2, 0.25) is 0 Å². The Balaban J connectivity index is 2.40. The Bertz CT molecular complexity index is 542. The first kappa shape index (κ1) is 14.7. The second-order valence-electron chi connectivity index (χ2n) is 4.12. The number of nitrogens with one attached hydrogen (secondary N) is 1. The summed E-state index contributed by atoms with van der Waals surface area (Å²) in [6, 6.07) is 1.57. The van der Waals surface area contributed by atoms with E-state index in [0.717, 1.165) is 0 Å². The molecule has 106 valence electrons. The molecule has 1 aliphatic heterocycles. The van der Waals surface area contributed by atoms with Crippen LogP contribution < -0.4 is 5.32 Å². The molecule has 0 aliphatic carbocycles. The highest BCUT2D eigenvalue weighted by Crippen LogP contribution is 2.26. The van der Waals surface area contributed by atoms with Crippen LogP contribution in [-0.4, -0.2) is 51.1 Å². The SMILES string of the molecule is CNc1ncc(Br)cc1S(=O)(=O)N1CCCOCC1. The second kappa shape index (κ2) is 6.17. The Labute approximate surface area is 121 Å². The van der Waals surface area contributed by atoms with E-state index in [1.54, 1.807) is 19.3 Å². The average molecular weight is 350 g/mol. The molecule has 1 aromatic rings. The fourth-order valence-corrected chi connectivity index (χ4v) is 4.03. The topological polar surface area (TPSA) is 71.5 Å². The maximum atomic E-state index is 12.6. The summed E-state index contributed by atoms with van der Waals surface area (Å²) in [5.74, 6) is 0.355. The average Bonchev–Trinajstić information content (AvgIpc) is 2.68. The molecule has 6 nitrogen and oxygen atoms in total. The van der Waals surface area contributed by atoms with Crippen molar-refractivity contribution in [3.63, 3.8) is 0 Å². The first-order chi connectivity index (χ1) is 9.05. The van der Waals surface area contributed by atoms with E-state index in [9.17, 15) is 8.42 Å². The summed E-state index contributed by atoms with van der Waals surface area (Å²) in [6.45, 7) is 1.87. The van der Waals surface area contributed by atoms with Crippen LogP contribution >= 0.6 is 15.9 Å². The molecule has 0 radical (unpaired) electrons. The molecule has 1 N–H and O–H groups in total. The zero-order valence-electron chi connectivity index (χ0n) is 10.6. The van der Waals surface area contributed by atoms with Crippen molar-refractivity contribution in [1.29, 1.82) is 0 Å². The number of pyridine rings is 1. The molecular weight excluding hydrogens is 334 g/mol. The second-order valence-corrected chi connectivity index (χ2v) is 6.94. The number of sulfonamides is 1. The molecular formula is C11H16BrN3O3S. The highest BCUT2D eigenvalue weighted by atomic mass is 79.9. The highest BCUT2D eigenvalue weighted by molar-refractivity contribution is 9.10. The molecule has 0 amide bonds. The van der Waals surface area contributed by atoms with Gasteiger partial charge in [0.05, 0.1) is 6.61 Å². The van der Waals surface area contributed by atoms with E-state index < -0.39 is 10.0 Å². The zero-order valence-corrected chi connectivity index (χ0v) is 13.0. The number of anilines is 1. The molecule has 0 saturated carbocycles. The largest absolute Gasteiger partial charge is 0.380 e. The van der Waals surface area contributed by atoms with Crippen LogP contribution in [0.15, 0.2) is 21.6 Å². The predicted octanol–water partition coefficient (Wildman–Crippen LogP) is 1.30. The molecule has 8 heteroatoms. The molecule has 0 bridgehead atoms. The van der Waals surface area contributed by atoms with Crippen LogP contribution in [0.25, 0.3) is 0 Å². The van der Waals surface area contributed by atoms with Crippen molar-refractivity contribution in [3.05, 3.63) is 16.7 Å². The van der Waals surface area contributed by atoms with Crippen molar-refractivity contribution in [2.24, 2.45) is 0 Å². The fourth-order valence-electron chi connectivity index (χ4n) is 1.91. The third-order valence-electron chi connectivity index (χ3n) is 2.86. The van der Waals surface area contributed by atoms with Gasteiger partial charge in [-0.1, -0.05) is 0 Å². The lowest BCUT2D eigenvalue weighted by atomic mass is 10.4. The summed E-state index contributed by atoms with van der Waals surface area (Å²) in [5.41, 5.74) is 0. The minimum atomic E-state index is -3.55. The summed E-state index contributed by atoms with van der Waals surface area (Å²) in [5, 5.41) is 2.81. The molecule has 19 heavy (non-hydrogen) atoms. The van der Waals surface area contributed by atoms with Gasteiger partial charge in [0.2, 0.25) is 10.0 Å². The smallest absolute Gasteiger partial charge is 0.246 e. The molecule has 1 aliphatic rings. The summed E-state index contributed by atoms with van der Waals surface area (Å²) < 4.78 is 32.7. The molecule has 1 fully saturated rings. The molecule has 0 spiro atoms. The first-order valence-electron chi connectivity index (χ1n) is 5.97. The summed E-state index contributed by atoms with van der Waals surface area (Å²) >= 11 is 3.26. The van der Waals surface area contributed by atoms with E-state index in [4.69, 9.17) is 4.74 Å². The van der Waals surface area contributed by atoms with Crippen LogP contribution in [0.3, 0.4) is 0 Å². The molecule has 0 unspecified atom stereocenters. The van der Waals surface area contributed by atoms with E-state index in [2.05, 4.69) is 26.2 Å². The van der Waals surface area contributed by atoms with Crippen molar-refractivity contribution in [3.8, 4) is 0 Å². The molecule has 2 heterocycles. The van der Waals surface area contributed by atoms with Gasteiger partial charge in [-0.2, -0.15) is 4.31 Å². The van der Waals surface area contributed by atoms with Gasteiger partial charge in [0, 0.05) is 37.4 Å². The number of halogens is 1. The van der Waals surface area contributed by atoms with Gasteiger partial charge >= 0.3 is 0 Å². The molecule has 1 aromatic heterocycles. The minimum absolute atomic E-state index is 0.186. The first-order valence-corrected chi connectivity index (χ1v) is 8.20. The summed E-state index contributed by atoms with van der Waals surface area (Å²) in [7, 11) is -1.90. The van der Waals surface area contributed by atoms with Crippen molar-refractivity contribution in [2.75, 3.05) is 38.7 Å². The van der Waals surface area contributed by atoms with Crippen LogP contribution in [0.4, 0.5) is 5.82 Å². The molecule has 0 atom stereocenters. The van der Waals surface area contributed by atoms with E-state index in [1.807, 2.05) is 0 Å². The Morgan fingerprint density at radius 3 is 2.95 bits per heavy atom. The number of rotatable bonds is 3. The minimum Gasteiger partial charge on any atom is -0.380 e. The summed E-state index contributed by atoms with van der Waals surface area (Å²) in [6.07, 6.45) is 2.27. The zero-order chi connectivity index (χ0) is 13.9. The van der Waals surface area contributed by atoms with Gasteiger partial charge < -0.3 is 10.1 Å². The Morgan fingerprint density at radius 1 is 1.42 bits per heavy atom. The number of aromatic nitrogens is 1. The van der Waals surface area contributed by atoms with Crippen molar-refractivity contribution < 1.29 is 13.2 Å². The van der Waals surface area contributed by atoms with Crippen molar-refractivity contribution in [1.82, 2.24) is 9.29 Å². The van der Waals surface area contributed by atoms with E-state index >= 15 is 0 Å². The maximum absolute atomic E-state index is 12.6. The van der Waals surface area contributed by atoms with Gasteiger partial charge in [0.15, 0.2) is 0 Å². The van der Waals surface area contributed by atoms with E-state index in [0.29, 0.717) is 43.0 Å². The third-order valence-corrected chi connectivity index (χ3v) is 5.20.